The summed E-state index contributed by atoms with van der Waals surface area (Å²) >= 11 is 0. The number of likely N-dealkylation sites (tertiary alicyclic amines) is 1. The third kappa shape index (κ3) is 3.33. The number of hydrogen-bond acceptors (Lipinski definition) is 2. The van der Waals surface area contributed by atoms with Gasteiger partial charge in [0.1, 0.15) is 0 Å². The Morgan fingerprint density at radius 3 is 2.37 bits per heavy atom. The summed E-state index contributed by atoms with van der Waals surface area (Å²) < 4.78 is 0. The molecule has 1 saturated heterocycles. The summed E-state index contributed by atoms with van der Waals surface area (Å²) in [6.07, 6.45) is 14.8. The van der Waals surface area contributed by atoms with Crippen LogP contribution in [-0.2, 0) is 0 Å². The van der Waals surface area contributed by atoms with E-state index >= 15 is 0 Å². The minimum absolute atomic E-state index is 0.774. The lowest BCUT2D eigenvalue weighted by atomic mass is 9.71. The Morgan fingerprint density at radius 1 is 0.947 bits per heavy atom. The van der Waals surface area contributed by atoms with Crippen LogP contribution in [0.25, 0.3) is 0 Å². The highest BCUT2D eigenvalue weighted by Gasteiger charge is 2.37. The maximum atomic E-state index is 3.99. The molecule has 1 atom stereocenters. The first-order valence-electron chi connectivity index (χ1n) is 8.78. The molecule has 1 spiro atoms. The molecule has 2 heteroatoms. The molecule has 3 aliphatic rings. The van der Waals surface area contributed by atoms with Crippen molar-refractivity contribution in [3.05, 3.63) is 0 Å². The van der Waals surface area contributed by atoms with Gasteiger partial charge in [0.05, 0.1) is 0 Å². The van der Waals surface area contributed by atoms with E-state index < -0.39 is 0 Å². The average Bonchev–Trinajstić information content (AvgIpc) is 2.90. The highest BCUT2D eigenvalue weighted by atomic mass is 15.2. The van der Waals surface area contributed by atoms with E-state index in [2.05, 4.69) is 17.1 Å². The fraction of sp³-hybridized carbons (Fsp3) is 1.00. The molecule has 1 aliphatic heterocycles. The predicted octanol–water partition coefficient (Wildman–Crippen LogP) is 3.56. The molecule has 110 valence electrons. The van der Waals surface area contributed by atoms with Crippen LogP contribution in [0.1, 0.15) is 71.1 Å². The second kappa shape index (κ2) is 6.13. The Hall–Kier alpha value is -0.0800. The van der Waals surface area contributed by atoms with Gasteiger partial charge in [0.25, 0.3) is 0 Å². The van der Waals surface area contributed by atoms with Crippen molar-refractivity contribution in [1.29, 1.82) is 0 Å². The average molecular weight is 264 g/mol. The largest absolute Gasteiger partial charge is 0.310 e. The fourth-order valence-electron chi connectivity index (χ4n) is 4.83. The van der Waals surface area contributed by atoms with E-state index in [-0.39, 0.29) is 0 Å². The molecule has 3 rings (SSSR count). The van der Waals surface area contributed by atoms with Crippen molar-refractivity contribution < 1.29 is 0 Å². The number of piperidine rings is 1. The van der Waals surface area contributed by atoms with Crippen molar-refractivity contribution in [3.8, 4) is 0 Å². The Labute approximate surface area is 119 Å². The summed E-state index contributed by atoms with van der Waals surface area (Å²) in [4.78, 5) is 2.61. The van der Waals surface area contributed by atoms with Crippen LogP contribution >= 0.6 is 0 Å². The summed E-state index contributed by atoms with van der Waals surface area (Å²) in [6.45, 7) is 6.14. The summed E-state index contributed by atoms with van der Waals surface area (Å²) in [7, 11) is 0. The first-order valence-corrected chi connectivity index (χ1v) is 8.78. The number of hydrogen-bond donors (Lipinski definition) is 1. The van der Waals surface area contributed by atoms with Crippen molar-refractivity contribution >= 4 is 0 Å². The molecule has 0 bridgehead atoms. The zero-order valence-corrected chi connectivity index (χ0v) is 12.8. The van der Waals surface area contributed by atoms with Crippen LogP contribution in [0.5, 0.6) is 0 Å². The Bertz CT molecular complexity index is 273. The van der Waals surface area contributed by atoms with Gasteiger partial charge >= 0.3 is 0 Å². The Morgan fingerprint density at radius 2 is 1.68 bits per heavy atom. The molecule has 0 amide bonds. The van der Waals surface area contributed by atoms with E-state index in [4.69, 9.17) is 0 Å². The molecule has 1 unspecified atom stereocenters. The summed E-state index contributed by atoms with van der Waals surface area (Å²) in [5.74, 6) is 0. The number of nitrogens with one attached hydrogen (secondary N) is 1. The Kier molecular flexibility index (Phi) is 4.48. The monoisotopic (exact) mass is 264 g/mol. The summed E-state index contributed by atoms with van der Waals surface area (Å²) in [5.41, 5.74) is 0.792. The normalized spacial score (nSPS) is 33.0. The molecule has 2 aliphatic carbocycles. The van der Waals surface area contributed by atoms with E-state index in [1.807, 2.05) is 0 Å². The van der Waals surface area contributed by atoms with Crippen LogP contribution in [0.2, 0.25) is 0 Å². The Balaban J connectivity index is 1.44. The van der Waals surface area contributed by atoms with Crippen LogP contribution in [0.3, 0.4) is 0 Å². The van der Waals surface area contributed by atoms with Crippen molar-refractivity contribution in [2.45, 2.75) is 83.2 Å². The number of rotatable bonds is 3. The van der Waals surface area contributed by atoms with E-state index in [0.717, 1.165) is 17.5 Å². The second-order valence-corrected chi connectivity index (χ2v) is 7.38. The van der Waals surface area contributed by atoms with Gasteiger partial charge in [0.15, 0.2) is 0 Å². The van der Waals surface area contributed by atoms with Gasteiger partial charge in [-0.25, -0.2) is 0 Å². The SMILES string of the molecule is CCN1CCCC(NC2CCC3(CCCC3)CC2)C1. The first-order chi connectivity index (χ1) is 9.30. The maximum Gasteiger partial charge on any atom is 0.0198 e. The summed E-state index contributed by atoms with van der Waals surface area (Å²) in [5, 5.41) is 3.99. The van der Waals surface area contributed by atoms with Crippen LogP contribution in [-0.4, -0.2) is 36.6 Å². The van der Waals surface area contributed by atoms with Crippen LogP contribution in [0.4, 0.5) is 0 Å². The van der Waals surface area contributed by atoms with E-state index in [9.17, 15) is 0 Å². The highest BCUT2D eigenvalue weighted by molar-refractivity contribution is 4.92. The van der Waals surface area contributed by atoms with Gasteiger partial charge in [-0.2, -0.15) is 0 Å². The van der Waals surface area contributed by atoms with E-state index in [1.165, 1.54) is 83.8 Å². The topological polar surface area (TPSA) is 15.3 Å². The molecule has 0 radical (unpaired) electrons. The zero-order valence-electron chi connectivity index (χ0n) is 12.8. The predicted molar refractivity (Wildman–Crippen MR) is 81.4 cm³/mol. The fourth-order valence-corrected chi connectivity index (χ4v) is 4.83. The minimum Gasteiger partial charge on any atom is -0.310 e. The zero-order chi connectivity index (χ0) is 13.1. The molecular formula is C17H32N2. The highest BCUT2D eigenvalue weighted by Crippen LogP contribution is 2.48. The molecule has 19 heavy (non-hydrogen) atoms. The smallest absolute Gasteiger partial charge is 0.0198 e. The molecule has 2 nitrogen and oxygen atoms in total. The molecule has 0 aromatic carbocycles. The molecule has 1 heterocycles. The lowest BCUT2D eigenvalue weighted by Crippen LogP contribution is -2.50. The van der Waals surface area contributed by atoms with Gasteiger partial charge in [0, 0.05) is 18.6 Å². The number of likely N-dealkylation sites (N-methyl/N-ethyl adjacent to an activating group) is 1. The van der Waals surface area contributed by atoms with Crippen LogP contribution in [0.15, 0.2) is 0 Å². The standard InChI is InChI=1S/C17H32N2/c1-2-19-13-5-6-16(14-19)18-15-7-11-17(12-8-15)9-3-4-10-17/h15-16,18H,2-14H2,1H3. The molecule has 0 aromatic heterocycles. The molecule has 3 fully saturated rings. The van der Waals surface area contributed by atoms with Gasteiger partial charge in [-0.05, 0) is 69.9 Å². The first kappa shape index (κ1) is 13.9. The lowest BCUT2D eigenvalue weighted by molar-refractivity contribution is 0.140. The molecule has 1 N–H and O–H groups in total. The van der Waals surface area contributed by atoms with E-state index in [1.54, 1.807) is 0 Å². The third-order valence-corrected chi connectivity index (χ3v) is 6.13. The van der Waals surface area contributed by atoms with Gasteiger partial charge in [-0.3, -0.25) is 0 Å². The minimum atomic E-state index is 0.774. The molecule has 2 saturated carbocycles. The van der Waals surface area contributed by atoms with Crippen molar-refractivity contribution in [3.63, 3.8) is 0 Å². The third-order valence-electron chi connectivity index (χ3n) is 6.13. The second-order valence-electron chi connectivity index (χ2n) is 7.38. The molecule has 0 aromatic rings. The van der Waals surface area contributed by atoms with Gasteiger partial charge in [0.2, 0.25) is 0 Å². The lowest BCUT2D eigenvalue weighted by Gasteiger charge is -2.40. The number of nitrogens with zero attached hydrogens (tertiary/aromatic N) is 1. The van der Waals surface area contributed by atoms with Gasteiger partial charge in [-0.15, -0.1) is 0 Å². The van der Waals surface area contributed by atoms with Crippen molar-refractivity contribution in [2.75, 3.05) is 19.6 Å². The van der Waals surface area contributed by atoms with Gasteiger partial charge in [-0.1, -0.05) is 19.8 Å². The van der Waals surface area contributed by atoms with Crippen LogP contribution < -0.4 is 5.32 Å². The maximum absolute atomic E-state index is 3.99. The van der Waals surface area contributed by atoms with Crippen molar-refractivity contribution in [1.82, 2.24) is 10.2 Å². The quantitative estimate of drug-likeness (QED) is 0.838. The molecular weight excluding hydrogens is 232 g/mol. The van der Waals surface area contributed by atoms with Gasteiger partial charge < -0.3 is 10.2 Å². The van der Waals surface area contributed by atoms with Crippen molar-refractivity contribution in [2.24, 2.45) is 5.41 Å². The van der Waals surface area contributed by atoms with Crippen LogP contribution in [0, 0.1) is 5.41 Å². The summed E-state index contributed by atoms with van der Waals surface area (Å²) in [6, 6.07) is 1.60. The van der Waals surface area contributed by atoms with E-state index in [0.29, 0.717) is 0 Å².